The molecule has 0 heterocycles. The van der Waals surface area contributed by atoms with Gasteiger partial charge in [-0.15, -0.1) is 0 Å². The topological polar surface area (TPSA) is 89.9 Å². The highest BCUT2D eigenvalue weighted by Gasteiger charge is 2.27. The van der Waals surface area contributed by atoms with Crippen LogP contribution < -0.4 is 9.47 Å². The molecule has 31 heavy (non-hydrogen) atoms. The smallest absolute Gasteiger partial charge is 0.327 e. The molecule has 0 radical (unpaired) electrons. The molecule has 0 spiro atoms. The largest absolute Gasteiger partial charge is 0.481 e. The van der Waals surface area contributed by atoms with E-state index in [4.69, 9.17) is 9.47 Å². The summed E-state index contributed by atoms with van der Waals surface area (Å²) in [7, 11) is 0. The maximum Gasteiger partial charge on any atom is 0.327 e. The predicted octanol–water partition coefficient (Wildman–Crippen LogP) is 5.45. The summed E-state index contributed by atoms with van der Waals surface area (Å²) in [6.45, 7) is 6.75. The number of halogens is 2. The fraction of sp³-hybridized carbons (Fsp3) is 0.348. The van der Waals surface area contributed by atoms with Crippen molar-refractivity contribution in [1.82, 2.24) is 0 Å². The Morgan fingerprint density at radius 1 is 0.774 bits per heavy atom. The molecule has 0 aliphatic heterocycles. The maximum absolute atomic E-state index is 12.0. The first-order valence-corrected chi connectivity index (χ1v) is 11.1. The minimum Gasteiger partial charge on any atom is -0.481 e. The van der Waals surface area contributed by atoms with Crippen LogP contribution in [0.5, 0.6) is 11.5 Å². The Morgan fingerprint density at radius 3 is 1.35 bits per heavy atom. The normalized spacial score (nSPS) is 11.8. The molecule has 0 amide bonds. The molecule has 2 aromatic carbocycles. The van der Waals surface area contributed by atoms with Crippen LogP contribution in [-0.4, -0.2) is 31.7 Å². The molecule has 0 bridgehead atoms. The first kappa shape index (κ1) is 25.1. The molecular formula is C23H24Br2O6. The van der Waals surface area contributed by atoms with E-state index < -0.39 is 32.5 Å². The van der Waals surface area contributed by atoms with E-state index >= 15 is 0 Å². The SMILES string of the molecule is CC(C)(Br)C(=O)Oc1ccc(C(CC(=O)O)c2ccc(OC(=O)C(C)(C)Br)cc2)cc1. The number of carbonyl (C=O) groups is 3. The number of rotatable bonds is 8. The third-order valence-electron chi connectivity index (χ3n) is 4.34. The van der Waals surface area contributed by atoms with Crippen molar-refractivity contribution >= 4 is 49.8 Å². The molecule has 0 fully saturated rings. The van der Waals surface area contributed by atoms with Gasteiger partial charge in [-0.2, -0.15) is 0 Å². The summed E-state index contributed by atoms with van der Waals surface area (Å²) in [5.74, 6) is -1.49. The highest BCUT2D eigenvalue weighted by molar-refractivity contribution is 9.10. The molecule has 6 nitrogen and oxygen atoms in total. The van der Waals surface area contributed by atoms with Crippen LogP contribution in [0, 0.1) is 0 Å². The average molecular weight is 556 g/mol. The first-order valence-electron chi connectivity index (χ1n) is 9.51. The second-order valence-electron chi connectivity index (χ2n) is 8.01. The number of aliphatic carboxylic acids is 1. The molecule has 0 aliphatic carbocycles. The number of benzene rings is 2. The zero-order valence-corrected chi connectivity index (χ0v) is 20.8. The number of ether oxygens (including phenoxy) is 2. The van der Waals surface area contributed by atoms with Crippen LogP contribution in [0.2, 0.25) is 0 Å². The Bertz CT molecular complexity index is 867. The third-order valence-corrected chi connectivity index (χ3v) is 4.98. The summed E-state index contributed by atoms with van der Waals surface area (Å²) >= 11 is 6.51. The Kier molecular flexibility index (Phi) is 8.05. The maximum atomic E-state index is 12.0. The minimum atomic E-state index is -0.946. The van der Waals surface area contributed by atoms with Crippen LogP contribution in [0.4, 0.5) is 0 Å². The van der Waals surface area contributed by atoms with Gasteiger partial charge in [-0.05, 0) is 63.1 Å². The van der Waals surface area contributed by atoms with Crippen LogP contribution >= 0.6 is 31.9 Å². The highest BCUT2D eigenvalue weighted by Crippen LogP contribution is 2.31. The summed E-state index contributed by atoms with van der Waals surface area (Å²) in [5, 5.41) is 9.38. The fourth-order valence-electron chi connectivity index (χ4n) is 2.60. The van der Waals surface area contributed by atoms with Crippen molar-refractivity contribution in [1.29, 1.82) is 0 Å². The minimum absolute atomic E-state index is 0.124. The number of esters is 2. The lowest BCUT2D eigenvalue weighted by molar-refractivity contribution is -0.137. The third kappa shape index (κ3) is 7.47. The second kappa shape index (κ2) is 9.96. The van der Waals surface area contributed by atoms with Crippen molar-refractivity contribution in [3.63, 3.8) is 0 Å². The van der Waals surface area contributed by atoms with Crippen LogP contribution in [0.3, 0.4) is 0 Å². The molecule has 0 saturated heterocycles. The van der Waals surface area contributed by atoms with Gasteiger partial charge in [-0.25, -0.2) is 0 Å². The van der Waals surface area contributed by atoms with E-state index in [0.29, 0.717) is 11.5 Å². The molecule has 0 saturated carbocycles. The Labute approximate surface area is 198 Å². The Balaban J connectivity index is 2.23. The van der Waals surface area contributed by atoms with Crippen molar-refractivity contribution in [3.8, 4) is 11.5 Å². The van der Waals surface area contributed by atoms with Gasteiger partial charge in [-0.1, -0.05) is 56.1 Å². The fourth-order valence-corrected chi connectivity index (χ4v) is 2.76. The highest BCUT2D eigenvalue weighted by atomic mass is 79.9. The molecule has 0 aromatic heterocycles. The number of alkyl halides is 2. The van der Waals surface area contributed by atoms with E-state index in [1.54, 1.807) is 76.2 Å². The summed E-state index contributed by atoms with van der Waals surface area (Å²) < 4.78 is 9.03. The Hall–Kier alpha value is -2.19. The predicted molar refractivity (Wildman–Crippen MR) is 124 cm³/mol. The van der Waals surface area contributed by atoms with E-state index in [2.05, 4.69) is 31.9 Å². The zero-order chi connectivity index (χ0) is 23.4. The molecule has 0 atom stereocenters. The Morgan fingerprint density at radius 2 is 1.10 bits per heavy atom. The molecule has 2 rings (SSSR count). The number of hydrogen-bond donors (Lipinski definition) is 1. The number of carbonyl (C=O) groups excluding carboxylic acids is 2. The van der Waals surface area contributed by atoms with Gasteiger partial charge in [0.25, 0.3) is 0 Å². The first-order chi connectivity index (χ1) is 14.3. The number of carboxylic acids is 1. The molecule has 2 aromatic rings. The van der Waals surface area contributed by atoms with Crippen molar-refractivity contribution in [2.45, 2.75) is 48.7 Å². The lowest BCUT2D eigenvalue weighted by Crippen LogP contribution is -2.29. The van der Waals surface area contributed by atoms with Gasteiger partial charge < -0.3 is 14.6 Å². The van der Waals surface area contributed by atoms with Crippen LogP contribution in [0.1, 0.15) is 51.2 Å². The van der Waals surface area contributed by atoms with Crippen molar-refractivity contribution in [3.05, 3.63) is 59.7 Å². The van der Waals surface area contributed by atoms with E-state index in [-0.39, 0.29) is 6.42 Å². The standard InChI is InChI=1S/C23H24Br2O6/c1-22(2,24)20(28)30-16-9-5-14(6-10-16)18(13-19(26)27)15-7-11-17(12-8-15)31-21(29)23(3,4)25/h5-12,18H,13H2,1-4H3,(H,26,27). The molecule has 0 unspecified atom stereocenters. The quantitative estimate of drug-likeness (QED) is 0.264. The number of hydrogen-bond acceptors (Lipinski definition) is 5. The summed E-state index contributed by atoms with van der Waals surface area (Å²) in [6.07, 6.45) is -0.124. The van der Waals surface area contributed by atoms with Gasteiger partial charge in [0.05, 0.1) is 6.42 Å². The van der Waals surface area contributed by atoms with E-state index in [1.165, 1.54) is 0 Å². The molecular weight excluding hydrogens is 532 g/mol. The van der Waals surface area contributed by atoms with Gasteiger partial charge in [-0.3, -0.25) is 14.4 Å². The van der Waals surface area contributed by atoms with E-state index in [0.717, 1.165) is 11.1 Å². The van der Waals surface area contributed by atoms with Crippen LogP contribution in [0.15, 0.2) is 48.5 Å². The van der Waals surface area contributed by atoms with Crippen molar-refractivity contribution in [2.75, 3.05) is 0 Å². The summed E-state index contributed by atoms with van der Waals surface area (Å²) in [4.78, 5) is 35.5. The monoisotopic (exact) mass is 554 g/mol. The van der Waals surface area contributed by atoms with E-state index in [9.17, 15) is 19.5 Å². The molecule has 166 valence electrons. The second-order valence-corrected chi connectivity index (χ2v) is 12.0. The lowest BCUT2D eigenvalue weighted by atomic mass is 9.88. The molecule has 8 heteroatoms. The van der Waals surface area contributed by atoms with Crippen LogP contribution in [-0.2, 0) is 14.4 Å². The van der Waals surface area contributed by atoms with Gasteiger partial charge in [0.1, 0.15) is 20.1 Å². The summed E-state index contributed by atoms with van der Waals surface area (Å²) in [6, 6.07) is 13.5. The molecule has 1 N–H and O–H groups in total. The van der Waals surface area contributed by atoms with E-state index in [1.807, 2.05) is 0 Å². The number of carboxylic acid groups (broad SMARTS) is 1. The van der Waals surface area contributed by atoms with Gasteiger partial charge in [0.2, 0.25) is 0 Å². The van der Waals surface area contributed by atoms with Crippen LogP contribution in [0.25, 0.3) is 0 Å². The van der Waals surface area contributed by atoms with Crippen molar-refractivity contribution in [2.24, 2.45) is 0 Å². The zero-order valence-electron chi connectivity index (χ0n) is 17.6. The molecule has 0 aliphatic rings. The lowest BCUT2D eigenvalue weighted by Gasteiger charge is -2.19. The van der Waals surface area contributed by atoms with Gasteiger partial charge in [0.15, 0.2) is 0 Å². The summed E-state index contributed by atoms with van der Waals surface area (Å²) in [5.41, 5.74) is 1.51. The average Bonchev–Trinajstić information content (AvgIpc) is 2.66. The van der Waals surface area contributed by atoms with Gasteiger partial charge in [0, 0.05) is 5.92 Å². The van der Waals surface area contributed by atoms with Gasteiger partial charge >= 0.3 is 17.9 Å². The van der Waals surface area contributed by atoms with Crippen molar-refractivity contribution < 1.29 is 29.0 Å².